The molecule has 0 bridgehead atoms. The summed E-state index contributed by atoms with van der Waals surface area (Å²) in [7, 11) is 0. The lowest BCUT2D eigenvalue weighted by molar-refractivity contribution is 0.180. The first-order valence-corrected chi connectivity index (χ1v) is 6.48. The van der Waals surface area contributed by atoms with Crippen LogP contribution in [0.25, 0.3) is 0 Å². The first-order chi connectivity index (χ1) is 8.63. The molecule has 0 spiro atoms. The van der Waals surface area contributed by atoms with Crippen molar-refractivity contribution >= 4 is 0 Å². The molecule has 0 aliphatic carbocycles. The van der Waals surface area contributed by atoms with Crippen LogP contribution >= 0.6 is 0 Å². The van der Waals surface area contributed by atoms with Gasteiger partial charge in [0, 0.05) is 6.54 Å². The Labute approximate surface area is 110 Å². The minimum atomic E-state index is -0.275. The first kappa shape index (κ1) is 14.7. The quantitative estimate of drug-likeness (QED) is 0.839. The fourth-order valence-electron chi connectivity index (χ4n) is 2.03. The number of aliphatic hydroxyl groups is 1. The molecule has 1 unspecified atom stereocenters. The molecule has 0 saturated heterocycles. The molecule has 1 atom stereocenters. The van der Waals surface area contributed by atoms with E-state index >= 15 is 0 Å². The fraction of sp³-hybridized carbons (Fsp3) is 0.533. The molecule has 18 heavy (non-hydrogen) atoms. The number of likely N-dealkylation sites (N-methyl/N-ethyl adjacent to an activating group) is 1. The third-order valence-corrected chi connectivity index (χ3v) is 3.20. The smallest absolute Gasteiger partial charge is 0.123 e. The molecule has 1 aromatic rings. The van der Waals surface area contributed by atoms with E-state index in [1.807, 2.05) is 24.0 Å². The Morgan fingerprint density at radius 2 is 1.78 bits per heavy atom. The van der Waals surface area contributed by atoms with Crippen LogP contribution in [-0.4, -0.2) is 29.7 Å². The largest absolute Gasteiger partial charge is 0.395 e. The normalized spacial score (nSPS) is 12.7. The Hall–Kier alpha value is -1.37. The molecule has 1 N–H and O–H groups in total. The van der Waals surface area contributed by atoms with E-state index in [9.17, 15) is 5.26 Å². The van der Waals surface area contributed by atoms with Crippen molar-refractivity contribution < 1.29 is 5.11 Å². The monoisotopic (exact) mass is 246 g/mol. The summed E-state index contributed by atoms with van der Waals surface area (Å²) in [5.41, 5.74) is 2.28. The Bertz CT molecular complexity index is 392. The minimum Gasteiger partial charge on any atom is -0.395 e. The van der Waals surface area contributed by atoms with Gasteiger partial charge in [-0.25, -0.2) is 0 Å². The van der Waals surface area contributed by atoms with Gasteiger partial charge in [0.05, 0.1) is 12.7 Å². The van der Waals surface area contributed by atoms with Gasteiger partial charge in [0.2, 0.25) is 0 Å². The lowest BCUT2D eigenvalue weighted by atomic mass is 9.99. The van der Waals surface area contributed by atoms with Gasteiger partial charge in [-0.2, -0.15) is 5.26 Å². The number of aliphatic hydroxyl groups excluding tert-OH is 1. The summed E-state index contributed by atoms with van der Waals surface area (Å²) in [5.74, 6) is 0.499. The fourth-order valence-corrected chi connectivity index (χ4v) is 2.03. The third kappa shape index (κ3) is 3.56. The van der Waals surface area contributed by atoms with Gasteiger partial charge in [-0.05, 0) is 23.6 Å². The number of rotatable bonds is 6. The zero-order valence-corrected chi connectivity index (χ0v) is 11.4. The van der Waals surface area contributed by atoms with Crippen molar-refractivity contribution in [2.45, 2.75) is 32.7 Å². The van der Waals surface area contributed by atoms with E-state index in [1.54, 1.807) is 0 Å². The zero-order chi connectivity index (χ0) is 13.5. The molecule has 0 amide bonds. The molecular formula is C15H22N2O. The highest BCUT2D eigenvalue weighted by Gasteiger charge is 2.18. The molecule has 0 saturated carbocycles. The van der Waals surface area contributed by atoms with Crippen molar-refractivity contribution in [3.05, 3.63) is 35.4 Å². The maximum absolute atomic E-state index is 9.31. The molecule has 1 aromatic carbocycles. The van der Waals surface area contributed by atoms with Crippen LogP contribution in [-0.2, 0) is 0 Å². The molecule has 0 aliphatic heterocycles. The summed E-state index contributed by atoms with van der Waals surface area (Å²) >= 11 is 0. The minimum absolute atomic E-state index is 0.0795. The lowest BCUT2D eigenvalue weighted by Gasteiger charge is -2.25. The average molecular weight is 246 g/mol. The highest BCUT2D eigenvalue weighted by atomic mass is 16.3. The summed E-state index contributed by atoms with van der Waals surface area (Å²) in [6.45, 7) is 7.67. The topological polar surface area (TPSA) is 47.3 Å². The van der Waals surface area contributed by atoms with E-state index in [-0.39, 0.29) is 12.6 Å². The van der Waals surface area contributed by atoms with Crippen molar-refractivity contribution in [1.82, 2.24) is 4.90 Å². The maximum Gasteiger partial charge on any atom is 0.123 e. The van der Waals surface area contributed by atoms with E-state index in [0.717, 1.165) is 12.1 Å². The van der Waals surface area contributed by atoms with E-state index in [4.69, 9.17) is 5.11 Å². The van der Waals surface area contributed by atoms with Crippen molar-refractivity contribution in [2.24, 2.45) is 0 Å². The van der Waals surface area contributed by atoms with Crippen LogP contribution in [0.2, 0.25) is 0 Å². The van der Waals surface area contributed by atoms with Gasteiger partial charge in [-0.15, -0.1) is 0 Å². The molecule has 0 fully saturated rings. The van der Waals surface area contributed by atoms with Crippen molar-refractivity contribution in [2.75, 3.05) is 19.7 Å². The predicted octanol–water partition coefficient (Wildman–Crippen LogP) is 2.69. The second kappa shape index (κ2) is 7.15. The Morgan fingerprint density at radius 1 is 1.22 bits per heavy atom. The molecule has 0 aliphatic rings. The second-order valence-electron chi connectivity index (χ2n) is 4.71. The molecule has 0 radical (unpaired) electrons. The van der Waals surface area contributed by atoms with Crippen molar-refractivity contribution in [3.8, 4) is 6.07 Å². The number of hydrogen-bond donors (Lipinski definition) is 1. The predicted molar refractivity (Wildman–Crippen MR) is 73.2 cm³/mol. The van der Waals surface area contributed by atoms with Gasteiger partial charge in [0.1, 0.15) is 6.04 Å². The Kier molecular flexibility index (Phi) is 5.84. The number of benzene rings is 1. The van der Waals surface area contributed by atoms with Gasteiger partial charge < -0.3 is 5.11 Å². The second-order valence-corrected chi connectivity index (χ2v) is 4.71. The number of nitriles is 1. The van der Waals surface area contributed by atoms with Gasteiger partial charge in [-0.3, -0.25) is 4.90 Å². The number of hydrogen-bond acceptors (Lipinski definition) is 3. The lowest BCUT2D eigenvalue weighted by Crippen LogP contribution is -2.30. The summed E-state index contributed by atoms with van der Waals surface area (Å²) in [5, 5.41) is 18.3. The van der Waals surface area contributed by atoms with Crippen molar-refractivity contribution in [3.63, 3.8) is 0 Å². The summed E-state index contributed by atoms with van der Waals surface area (Å²) in [6, 6.07) is 10.2. The molecule has 98 valence electrons. The van der Waals surface area contributed by atoms with Crippen LogP contribution in [0.3, 0.4) is 0 Å². The molecule has 3 nitrogen and oxygen atoms in total. The standard InChI is InChI=1S/C15H22N2O/c1-4-17(9-10-18)15(11-16)14-7-5-13(6-8-14)12(2)3/h5-8,12,15,18H,4,9-10H2,1-3H3. The molecule has 0 aromatic heterocycles. The summed E-state index contributed by atoms with van der Waals surface area (Å²) in [4.78, 5) is 1.98. The van der Waals surface area contributed by atoms with E-state index in [1.165, 1.54) is 5.56 Å². The highest BCUT2D eigenvalue weighted by molar-refractivity contribution is 5.29. The average Bonchev–Trinajstić information content (AvgIpc) is 2.39. The highest BCUT2D eigenvalue weighted by Crippen LogP contribution is 2.22. The molecule has 1 rings (SSSR count). The van der Waals surface area contributed by atoms with Crippen LogP contribution in [0.15, 0.2) is 24.3 Å². The summed E-state index contributed by atoms with van der Waals surface area (Å²) < 4.78 is 0. The van der Waals surface area contributed by atoms with Crippen molar-refractivity contribution in [1.29, 1.82) is 5.26 Å². The Morgan fingerprint density at radius 3 is 2.17 bits per heavy atom. The van der Waals surface area contributed by atoms with Crippen LogP contribution in [0, 0.1) is 11.3 Å². The van der Waals surface area contributed by atoms with Gasteiger partial charge in [0.15, 0.2) is 0 Å². The van der Waals surface area contributed by atoms with Crippen LogP contribution in [0.4, 0.5) is 0 Å². The van der Waals surface area contributed by atoms with E-state index < -0.39 is 0 Å². The summed E-state index contributed by atoms with van der Waals surface area (Å²) in [6.07, 6.45) is 0. The maximum atomic E-state index is 9.31. The SMILES string of the molecule is CCN(CCO)C(C#N)c1ccc(C(C)C)cc1. The van der Waals surface area contributed by atoms with Crippen LogP contribution in [0.5, 0.6) is 0 Å². The molecule has 0 heterocycles. The van der Waals surface area contributed by atoms with Gasteiger partial charge in [0.25, 0.3) is 0 Å². The Balaban J connectivity index is 2.91. The zero-order valence-electron chi connectivity index (χ0n) is 11.4. The van der Waals surface area contributed by atoms with Gasteiger partial charge >= 0.3 is 0 Å². The van der Waals surface area contributed by atoms with Gasteiger partial charge in [-0.1, -0.05) is 45.0 Å². The number of nitrogens with zero attached hydrogens (tertiary/aromatic N) is 2. The van der Waals surface area contributed by atoms with E-state index in [2.05, 4.69) is 32.0 Å². The van der Waals surface area contributed by atoms with Crippen LogP contribution < -0.4 is 0 Å². The molecular weight excluding hydrogens is 224 g/mol. The molecule has 3 heteroatoms. The first-order valence-electron chi connectivity index (χ1n) is 6.48. The van der Waals surface area contributed by atoms with Crippen LogP contribution in [0.1, 0.15) is 43.9 Å². The third-order valence-electron chi connectivity index (χ3n) is 3.20. The van der Waals surface area contributed by atoms with E-state index in [0.29, 0.717) is 12.5 Å².